The highest BCUT2D eigenvalue weighted by atomic mass is 16.5. The van der Waals surface area contributed by atoms with Gasteiger partial charge in [-0.25, -0.2) is 0 Å². The third kappa shape index (κ3) is 6.65. The normalized spacial score (nSPS) is 10.9. The number of carbonyl (C=O) groups is 1. The number of nitrogens with zero attached hydrogens (tertiary/aromatic N) is 1. The summed E-state index contributed by atoms with van der Waals surface area (Å²) in [6, 6.07) is 26.9. The predicted octanol–water partition coefficient (Wildman–Crippen LogP) is 7.10. The first-order valence-corrected chi connectivity index (χ1v) is 12.6. The molecule has 0 aromatic heterocycles. The number of anilines is 1. The molecule has 1 N–H and O–H groups in total. The topological polar surface area (TPSA) is 80.6 Å². The van der Waals surface area contributed by atoms with Crippen molar-refractivity contribution in [1.29, 1.82) is 5.26 Å². The second kappa shape index (κ2) is 13.0. The summed E-state index contributed by atoms with van der Waals surface area (Å²) in [7, 11) is 1.56. The summed E-state index contributed by atoms with van der Waals surface area (Å²) in [5, 5.41) is 14.8. The Morgan fingerprint density at radius 2 is 1.77 bits per heavy atom. The van der Waals surface area contributed by atoms with Crippen molar-refractivity contribution in [1.82, 2.24) is 0 Å². The first-order chi connectivity index (χ1) is 19.1. The van der Waals surface area contributed by atoms with E-state index in [1.807, 2.05) is 43.3 Å². The molecule has 0 aliphatic carbocycles. The lowest BCUT2D eigenvalue weighted by Gasteiger charge is -2.17. The quantitative estimate of drug-likeness (QED) is 0.130. The van der Waals surface area contributed by atoms with Gasteiger partial charge < -0.3 is 19.5 Å². The van der Waals surface area contributed by atoms with Gasteiger partial charge in [0, 0.05) is 11.3 Å². The number of allylic oxidation sites excluding steroid dienone is 1. The van der Waals surface area contributed by atoms with E-state index in [4.69, 9.17) is 14.2 Å². The van der Waals surface area contributed by atoms with Gasteiger partial charge in [0.1, 0.15) is 24.0 Å². The molecule has 4 rings (SSSR count). The summed E-state index contributed by atoms with van der Waals surface area (Å²) in [5.41, 5.74) is 3.05. The molecule has 196 valence electrons. The molecule has 6 nitrogen and oxygen atoms in total. The summed E-state index contributed by atoms with van der Waals surface area (Å²) in [4.78, 5) is 12.9. The van der Waals surface area contributed by atoms with Gasteiger partial charge in [0.2, 0.25) is 0 Å². The van der Waals surface area contributed by atoms with Crippen molar-refractivity contribution in [2.24, 2.45) is 0 Å². The highest BCUT2D eigenvalue weighted by Gasteiger charge is 2.16. The Morgan fingerprint density at radius 3 is 2.49 bits per heavy atom. The van der Waals surface area contributed by atoms with Crippen LogP contribution in [0.1, 0.15) is 23.6 Å². The lowest BCUT2D eigenvalue weighted by atomic mass is 10.0. The smallest absolute Gasteiger partial charge is 0.266 e. The second-order valence-electron chi connectivity index (χ2n) is 8.71. The lowest BCUT2D eigenvalue weighted by Crippen LogP contribution is -2.13. The van der Waals surface area contributed by atoms with Gasteiger partial charge in [0.15, 0.2) is 11.5 Å². The van der Waals surface area contributed by atoms with E-state index < -0.39 is 5.91 Å². The first kappa shape index (κ1) is 27.0. The average molecular weight is 519 g/mol. The van der Waals surface area contributed by atoms with Crippen LogP contribution in [0, 0.1) is 11.3 Å². The van der Waals surface area contributed by atoms with Gasteiger partial charge in [-0.1, -0.05) is 48.5 Å². The third-order valence-corrected chi connectivity index (χ3v) is 6.09. The number of benzene rings is 4. The standard InChI is InChI=1S/C33H30N2O4/c1-4-9-25-18-23(19-27(21-34)33(36)35-28-14-16-29(17-15-28)38-5-2)20-31(37-3)32(25)39-22-26-12-8-11-24-10-6-7-13-30(24)26/h4,6-8,10-20H,1,5,9,22H2,2-3H3,(H,35,36)/b27-19+. The highest BCUT2D eigenvalue weighted by molar-refractivity contribution is 6.09. The van der Waals surface area contributed by atoms with Crippen LogP contribution in [0.2, 0.25) is 0 Å². The van der Waals surface area contributed by atoms with Gasteiger partial charge in [-0.3, -0.25) is 4.79 Å². The van der Waals surface area contributed by atoms with E-state index in [1.165, 1.54) is 6.08 Å². The zero-order valence-corrected chi connectivity index (χ0v) is 22.1. The number of fused-ring (bicyclic) bond motifs is 1. The molecule has 0 radical (unpaired) electrons. The van der Waals surface area contributed by atoms with Crippen molar-refractivity contribution in [2.45, 2.75) is 20.0 Å². The molecule has 6 heteroatoms. The van der Waals surface area contributed by atoms with Crippen LogP contribution in [-0.4, -0.2) is 19.6 Å². The van der Waals surface area contributed by atoms with E-state index in [1.54, 1.807) is 43.5 Å². The molecule has 1 amide bonds. The van der Waals surface area contributed by atoms with Crippen LogP contribution in [0.25, 0.3) is 16.8 Å². The summed E-state index contributed by atoms with van der Waals surface area (Å²) >= 11 is 0. The number of hydrogen-bond acceptors (Lipinski definition) is 5. The van der Waals surface area contributed by atoms with Gasteiger partial charge in [-0.15, -0.1) is 6.58 Å². The van der Waals surface area contributed by atoms with Gasteiger partial charge in [-0.2, -0.15) is 5.26 Å². The minimum Gasteiger partial charge on any atom is -0.494 e. The molecule has 0 fully saturated rings. The largest absolute Gasteiger partial charge is 0.494 e. The molecule has 0 heterocycles. The summed E-state index contributed by atoms with van der Waals surface area (Å²) in [5.74, 6) is 1.29. The number of rotatable bonds is 11. The minimum absolute atomic E-state index is 0.0417. The number of ether oxygens (including phenoxy) is 3. The molecule has 0 unspecified atom stereocenters. The Bertz CT molecular complexity index is 1540. The minimum atomic E-state index is -0.512. The van der Waals surface area contributed by atoms with Crippen LogP contribution in [0.5, 0.6) is 17.2 Å². The van der Waals surface area contributed by atoms with Crippen LogP contribution < -0.4 is 19.5 Å². The molecule has 4 aromatic rings. The maximum atomic E-state index is 12.9. The fourth-order valence-corrected chi connectivity index (χ4v) is 4.27. The van der Waals surface area contributed by atoms with Gasteiger partial charge in [0.25, 0.3) is 5.91 Å². The lowest BCUT2D eigenvalue weighted by molar-refractivity contribution is -0.112. The highest BCUT2D eigenvalue weighted by Crippen LogP contribution is 2.35. The second-order valence-corrected chi connectivity index (χ2v) is 8.71. The van der Waals surface area contributed by atoms with E-state index in [0.717, 1.165) is 21.9 Å². The molecule has 0 aliphatic rings. The molecule has 0 aliphatic heterocycles. The van der Waals surface area contributed by atoms with Crippen LogP contribution >= 0.6 is 0 Å². The summed E-state index contributed by atoms with van der Waals surface area (Å²) in [6.45, 7) is 6.68. The average Bonchev–Trinajstić information content (AvgIpc) is 2.96. The Labute approximate surface area is 228 Å². The molecule has 4 aromatic carbocycles. The maximum Gasteiger partial charge on any atom is 0.266 e. The fraction of sp³-hybridized carbons (Fsp3) is 0.152. The monoisotopic (exact) mass is 518 g/mol. The zero-order valence-electron chi connectivity index (χ0n) is 22.1. The number of nitrogens with one attached hydrogen (secondary N) is 1. The van der Waals surface area contributed by atoms with E-state index in [2.05, 4.69) is 30.1 Å². The molecule has 0 atom stereocenters. The zero-order chi connectivity index (χ0) is 27.6. The molecule has 0 saturated heterocycles. The first-order valence-electron chi connectivity index (χ1n) is 12.6. The van der Waals surface area contributed by atoms with Crippen LogP contribution in [-0.2, 0) is 17.8 Å². The molecule has 0 spiro atoms. The van der Waals surface area contributed by atoms with E-state index in [-0.39, 0.29) is 5.57 Å². The van der Waals surface area contributed by atoms with Gasteiger partial charge >= 0.3 is 0 Å². The number of nitriles is 1. The molecule has 0 bridgehead atoms. The number of carbonyl (C=O) groups excluding carboxylic acids is 1. The van der Waals surface area contributed by atoms with Crippen molar-refractivity contribution in [2.75, 3.05) is 19.0 Å². The maximum absolute atomic E-state index is 12.9. The third-order valence-electron chi connectivity index (χ3n) is 6.09. The SMILES string of the molecule is C=CCc1cc(/C=C(\C#N)C(=O)Nc2ccc(OCC)cc2)cc(OC)c1OCc1cccc2ccccc12. The Kier molecular flexibility index (Phi) is 8.99. The van der Waals surface area contributed by atoms with Gasteiger partial charge in [-0.05, 0) is 77.7 Å². The van der Waals surface area contributed by atoms with Gasteiger partial charge in [0.05, 0.1) is 13.7 Å². The Morgan fingerprint density at radius 1 is 1.00 bits per heavy atom. The number of hydrogen-bond donors (Lipinski definition) is 1. The molecule has 0 saturated carbocycles. The Balaban J connectivity index is 1.59. The van der Waals surface area contributed by atoms with E-state index in [9.17, 15) is 10.1 Å². The predicted molar refractivity (Wildman–Crippen MR) is 155 cm³/mol. The molecular weight excluding hydrogens is 488 g/mol. The fourth-order valence-electron chi connectivity index (χ4n) is 4.27. The van der Waals surface area contributed by atoms with Crippen molar-refractivity contribution in [3.8, 4) is 23.3 Å². The van der Waals surface area contributed by atoms with Crippen molar-refractivity contribution in [3.05, 3.63) is 114 Å². The van der Waals surface area contributed by atoms with Crippen molar-refractivity contribution in [3.63, 3.8) is 0 Å². The van der Waals surface area contributed by atoms with Crippen LogP contribution in [0.4, 0.5) is 5.69 Å². The summed E-state index contributed by atoms with van der Waals surface area (Å²) < 4.78 is 17.4. The summed E-state index contributed by atoms with van der Waals surface area (Å²) in [6.07, 6.45) is 3.83. The molecular formula is C33H30N2O4. The Hall–Kier alpha value is -5.02. The number of methoxy groups -OCH3 is 1. The number of amides is 1. The van der Waals surface area contributed by atoms with E-state index in [0.29, 0.717) is 48.1 Å². The van der Waals surface area contributed by atoms with Crippen molar-refractivity contribution < 1.29 is 19.0 Å². The van der Waals surface area contributed by atoms with E-state index >= 15 is 0 Å². The van der Waals surface area contributed by atoms with Crippen molar-refractivity contribution >= 4 is 28.4 Å². The molecule has 39 heavy (non-hydrogen) atoms. The van der Waals surface area contributed by atoms with Crippen LogP contribution in [0.15, 0.2) is 97.1 Å². The van der Waals surface area contributed by atoms with Crippen LogP contribution in [0.3, 0.4) is 0 Å².